The molecule has 1 aliphatic rings. The van der Waals surface area contributed by atoms with Gasteiger partial charge in [0.05, 0.1) is 15.7 Å². The topological polar surface area (TPSA) is 76.7 Å². The molecule has 1 saturated carbocycles. The van der Waals surface area contributed by atoms with Crippen molar-refractivity contribution in [3.8, 4) is 11.4 Å². The number of rotatable bonds is 4. The van der Waals surface area contributed by atoms with Crippen molar-refractivity contribution in [3.05, 3.63) is 48.1 Å². The van der Waals surface area contributed by atoms with Crippen LogP contribution in [-0.4, -0.2) is 19.9 Å². The van der Waals surface area contributed by atoms with Gasteiger partial charge in [0.2, 0.25) is 0 Å². The summed E-state index contributed by atoms with van der Waals surface area (Å²) < 4.78 is 6.62. The average molecular weight is 335 g/mol. The van der Waals surface area contributed by atoms with Crippen molar-refractivity contribution < 1.29 is 4.42 Å². The maximum atomic E-state index is 5.49. The van der Waals surface area contributed by atoms with Gasteiger partial charge in [0.25, 0.3) is 0 Å². The van der Waals surface area contributed by atoms with Crippen LogP contribution >= 0.6 is 11.3 Å². The van der Waals surface area contributed by atoms with Gasteiger partial charge in [-0.2, -0.15) is 4.98 Å². The maximum Gasteiger partial charge on any atom is 0.183 e. The van der Waals surface area contributed by atoms with Crippen molar-refractivity contribution in [3.63, 3.8) is 0 Å². The molecular formula is C17H13N5OS. The zero-order chi connectivity index (χ0) is 15.9. The van der Waals surface area contributed by atoms with Crippen molar-refractivity contribution in [1.82, 2.24) is 19.9 Å². The number of hydrogen-bond donors (Lipinski definition) is 1. The van der Waals surface area contributed by atoms with E-state index in [1.54, 1.807) is 17.5 Å². The molecule has 0 bridgehead atoms. The van der Waals surface area contributed by atoms with Crippen LogP contribution in [0.5, 0.6) is 0 Å². The lowest BCUT2D eigenvalue weighted by atomic mass is 10.2. The molecule has 3 aromatic heterocycles. The van der Waals surface area contributed by atoms with Crippen molar-refractivity contribution in [1.29, 1.82) is 0 Å². The van der Waals surface area contributed by atoms with Gasteiger partial charge in [-0.25, -0.2) is 15.0 Å². The standard InChI is InChI=1S/C17H13N5OS/c1-2-10(1)15-17(19-8-23-15)22-14-5-6-18-16(21-14)11-3-4-12-13(7-11)24-9-20-12/h3-10H,1-2H2,(H,18,21,22). The van der Waals surface area contributed by atoms with Crippen LogP contribution < -0.4 is 5.32 Å². The highest BCUT2D eigenvalue weighted by Crippen LogP contribution is 2.43. The molecule has 0 radical (unpaired) electrons. The first-order valence-electron chi connectivity index (χ1n) is 7.74. The molecule has 1 aromatic carbocycles. The van der Waals surface area contributed by atoms with Crippen LogP contribution in [0.3, 0.4) is 0 Å². The largest absolute Gasteiger partial charge is 0.446 e. The molecule has 1 fully saturated rings. The lowest BCUT2D eigenvalue weighted by Crippen LogP contribution is -1.98. The summed E-state index contributed by atoms with van der Waals surface area (Å²) >= 11 is 1.61. The monoisotopic (exact) mass is 335 g/mol. The number of nitrogens with one attached hydrogen (secondary N) is 1. The van der Waals surface area contributed by atoms with Gasteiger partial charge in [-0.1, -0.05) is 0 Å². The van der Waals surface area contributed by atoms with Crippen molar-refractivity contribution in [2.75, 3.05) is 5.32 Å². The third-order valence-corrected chi connectivity index (χ3v) is 4.83. The summed E-state index contributed by atoms with van der Waals surface area (Å²) in [5.41, 5.74) is 3.81. The predicted molar refractivity (Wildman–Crippen MR) is 92.4 cm³/mol. The average Bonchev–Trinajstić information content (AvgIpc) is 3.17. The molecule has 118 valence electrons. The second-order valence-corrected chi connectivity index (χ2v) is 6.65. The van der Waals surface area contributed by atoms with E-state index in [2.05, 4.69) is 31.3 Å². The number of oxazole rings is 1. The normalized spacial score (nSPS) is 14.2. The fraction of sp³-hybridized carbons (Fsp3) is 0.176. The first-order chi connectivity index (χ1) is 11.9. The van der Waals surface area contributed by atoms with Crippen molar-refractivity contribution in [2.45, 2.75) is 18.8 Å². The summed E-state index contributed by atoms with van der Waals surface area (Å²) in [4.78, 5) is 17.6. The van der Waals surface area contributed by atoms with E-state index in [1.165, 1.54) is 6.39 Å². The highest BCUT2D eigenvalue weighted by Gasteiger charge is 2.30. The van der Waals surface area contributed by atoms with Crippen molar-refractivity contribution in [2.24, 2.45) is 0 Å². The van der Waals surface area contributed by atoms with Crippen LogP contribution in [0.4, 0.5) is 11.6 Å². The number of thiazole rings is 1. The van der Waals surface area contributed by atoms with Crippen LogP contribution in [0.1, 0.15) is 24.5 Å². The summed E-state index contributed by atoms with van der Waals surface area (Å²) in [6, 6.07) is 7.89. The van der Waals surface area contributed by atoms with Gasteiger partial charge >= 0.3 is 0 Å². The highest BCUT2D eigenvalue weighted by molar-refractivity contribution is 7.16. The van der Waals surface area contributed by atoms with E-state index in [1.807, 2.05) is 23.7 Å². The molecule has 7 heteroatoms. The number of fused-ring (bicyclic) bond motifs is 1. The van der Waals surface area contributed by atoms with E-state index in [-0.39, 0.29) is 0 Å². The molecule has 0 spiro atoms. The molecule has 0 aliphatic heterocycles. The molecule has 5 rings (SSSR count). The van der Waals surface area contributed by atoms with Gasteiger partial charge in [0.1, 0.15) is 5.82 Å². The molecular weight excluding hydrogens is 322 g/mol. The minimum atomic E-state index is 0.491. The van der Waals surface area contributed by atoms with Gasteiger partial charge in [0, 0.05) is 17.7 Å². The summed E-state index contributed by atoms with van der Waals surface area (Å²) in [6.07, 6.45) is 5.55. The predicted octanol–water partition coefficient (Wildman–Crippen LogP) is 4.36. The molecule has 1 N–H and O–H groups in total. The Hall–Kier alpha value is -2.80. The summed E-state index contributed by atoms with van der Waals surface area (Å²) in [5.74, 6) is 3.54. The molecule has 4 aromatic rings. The molecule has 0 amide bonds. The molecule has 0 saturated heterocycles. The summed E-state index contributed by atoms with van der Waals surface area (Å²) in [5, 5.41) is 3.25. The minimum absolute atomic E-state index is 0.491. The molecule has 0 unspecified atom stereocenters. The number of nitrogens with zero attached hydrogens (tertiary/aromatic N) is 4. The van der Waals surface area contributed by atoms with E-state index in [9.17, 15) is 0 Å². The SMILES string of the molecule is c1cc(Nc2ncoc2C2CC2)nc(-c2ccc3ncsc3c2)n1. The Morgan fingerprint density at radius 3 is 3.00 bits per heavy atom. The molecule has 1 aliphatic carbocycles. The van der Waals surface area contributed by atoms with E-state index >= 15 is 0 Å². The lowest BCUT2D eigenvalue weighted by Gasteiger charge is -2.06. The fourth-order valence-corrected chi connectivity index (χ4v) is 3.38. The Morgan fingerprint density at radius 2 is 2.08 bits per heavy atom. The Labute approximate surface area is 141 Å². The first kappa shape index (κ1) is 13.6. The smallest absolute Gasteiger partial charge is 0.183 e. The van der Waals surface area contributed by atoms with Gasteiger partial charge in [0.15, 0.2) is 23.8 Å². The number of benzene rings is 1. The van der Waals surface area contributed by atoms with Gasteiger partial charge < -0.3 is 9.73 Å². The maximum absolute atomic E-state index is 5.49. The van der Waals surface area contributed by atoms with E-state index in [0.717, 1.165) is 40.2 Å². The highest BCUT2D eigenvalue weighted by atomic mass is 32.1. The summed E-state index contributed by atoms with van der Waals surface area (Å²) in [6.45, 7) is 0. The lowest BCUT2D eigenvalue weighted by molar-refractivity contribution is 0.507. The minimum Gasteiger partial charge on any atom is -0.446 e. The Bertz CT molecular complexity index is 1020. The molecule has 0 atom stereocenters. The Morgan fingerprint density at radius 1 is 1.12 bits per heavy atom. The van der Waals surface area contributed by atoms with Crippen LogP contribution in [0.2, 0.25) is 0 Å². The van der Waals surface area contributed by atoms with Crippen LogP contribution in [0.25, 0.3) is 21.6 Å². The molecule has 6 nitrogen and oxygen atoms in total. The quantitative estimate of drug-likeness (QED) is 0.597. The molecule has 24 heavy (non-hydrogen) atoms. The second kappa shape index (κ2) is 5.38. The van der Waals surface area contributed by atoms with Crippen molar-refractivity contribution >= 4 is 33.2 Å². The van der Waals surface area contributed by atoms with E-state index < -0.39 is 0 Å². The Balaban J connectivity index is 1.48. The van der Waals surface area contributed by atoms with Crippen LogP contribution in [0, 0.1) is 0 Å². The first-order valence-corrected chi connectivity index (χ1v) is 8.62. The van der Waals surface area contributed by atoms with E-state index in [4.69, 9.17) is 4.42 Å². The van der Waals surface area contributed by atoms with Crippen LogP contribution in [0.15, 0.2) is 46.8 Å². The Kier molecular flexibility index (Phi) is 3.05. The van der Waals surface area contributed by atoms with Gasteiger partial charge in [-0.3, -0.25) is 0 Å². The third kappa shape index (κ3) is 2.43. The third-order valence-electron chi connectivity index (χ3n) is 4.03. The molecule has 3 heterocycles. The number of aromatic nitrogens is 4. The van der Waals surface area contributed by atoms with E-state index in [0.29, 0.717) is 17.6 Å². The van der Waals surface area contributed by atoms with Crippen LogP contribution in [-0.2, 0) is 0 Å². The second-order valence-electron chi connectivity index (χ2n) is 5.76. The number of hydrogen-bond acceptors (Lipinski definition) is 7. The zero-order valence-electron chi connectivity index (χ0n) is 12.6. The fourth-order valence-electron chi connectivity index (χ4n) is 2.67. The summed E-state index contributed by atoms with van der Waals surface area (Å²) in [7, 11) is 0. The number of anilines is 2. The zero-order valence-corrected chi connectivity index (χ0v) is 13.5. The van der Waals surface area contributed by atoms with Gasteiger partial charge in [-0.05, 0) is 37.1 Å². The van der Waals surface area contributed by atoms with Gasteiger partial charge in [-0.15, -0.1) is 11.3 Å².